The molecule has 4 fully saturated rings. The third kappa shape index (κ3) is 3.57. The molecule has 4 saturated carbocycles. The second-order valence-corrected chi connectivity index (χ2v) is 13.5. The molecule has 4 aliphatic rings. The molecule has 1 heterocycles. The van der Waals surface area contributed by atoms with Crippen molar-refractivity contribution < 1.29 is 14.6 Å². The topological polar surface area (TPSA) is 77.2 Å². The van der Waals surface area contributed by atoms with E-state index in [1.54, 1.807) is 0 Å². The molecule has 0 amide bonds. The maximum atomic E-state index is 13.3. The molecule has 4 aliphatic carbocycles. The minimum Gasteiger partial charge on any atom is -0.466 e. The van der Waals surface area contributed by atoms with Crippen molar-refractivity contribution in [1.82, 2.24) is 15.0 Å². The van der Waals surface area contributed by atoms with Crippen molar-refractivity contribution in [3.05, 3.63) is 36.5 Å². The van der Waals surface area contributed by atoms with Crippen molar-refractivity contribution in [1.29, 1.82) is 0 Å². The lowest BCUT2D eigenvalue weighted by Gasteiger charge is -2.65. The fourth-order valence-electron chi connectivity index (χ4n) is 10.1. The first-order valence-corrected chi connectivity index (χ1v) is 14.5. The van der Waals surface area contributed by atoms with Crippen LogP contribution in [0.15, 0.2) is 36.5 Å². The van der Waals surface area contributed by atoms with E-state index in [-0.39, 0.29) is 34.2 Å². The van der Waals surface area contributed by atoms with Crippen molar-refractivity contribution in [3.63, 3.8) is 0 Å². The minimum atomic E-state index is -0.408. The number of ether oxygens (including phenoxy) is 1. The number of carbonyl (C=O) groups is 1. The lowest BCUT2D eigenvalue weighted by molar-refractivity contribution is -0.192. The number of hydrogen-bond acceptors (Lipinski definition) is 5. The molecule has 2 aromatic rings. The summed E-state index contributed by atoms with van der Waals surface area (Å²) in [6, 6.07) is 10.2. The van der Waals surface area contributed by atoms with Crippen LogP contribution in [0.2, 0.25) is 0 Å². The molecule has 1 aromatic heterocycles. The number of aliphatic hydroxyl groups excluding tert-OH is 1. The van der Waals surface area contributed by atoms with Gasteiger partial charge in [-0.1, -0.05) is 55.8 Å². The van der Waals surface area contributed by atoms with Gasteiger partial charge >= 0.3 is 5.97 Å². The smallest absolute Gasteiger partial charge is 0.312 e. The summed E-state index contributed by atoms with van der Waals surface area (Å²) in [6.07, 6.45) is 10.3. The second kappa shape index (κ2) is 8.65. The van der Waals surface area contributed by atoms with Gasteiger partial charge in [-0.2, -0.15) is 0 Å². The Kier molecular flexibility index (Phi) is 5.87. The summed E-state index contributed by atoms with van der Waals surface area (Å²) in [4.78, 5) is 13.3. The zero-order valence-electron chi connectivity index (χ0n) is 22.9. The maximum Gasteiger partial charge on any atom is 0.312 e. The van der Waals surface area contributed by atoms with E-state index in [0.717, 1.165) is 56.2 Å². The first kappa shape index (κ1) is 25.1. The molecule has 1 spiro atoms. The van der Waals surface area contributed by atoms with Gasteiger partial charge in [0.2, 0.25) is 0 Å². The Bertz CT molecular complexity index is 1170. The van der Waals surface area contributed by atoms with Gasteiger partial charge in [0.25, 0.3) is 0 Å². The van der Waals surface area contributed by atoms with Crippen LogP contribution in [-0.4, -0.2) is 38.8 Å². The number of hydrogen-bond donors (Lipinski definition) is 1. The first-order valence-electron chi connectivity index (χ1n) is 14.5. The van der Waals surface area contributed by atoms with Gasteiger partial charge in [-0.05, 0) is 86.9 Å². The standard InChI is InChI=1S/C31H43N3O3/c1-5-37-27(36)30(4)15-9-14-29(3)24(30)13-17-31-20-28(2,16-12-25(29)31)26(35)22(31)18-34-19-23(32-33-34)21-10-7-6-8-11-21/h6-8,10-11,19,22,24-26,35H,5,9,12-18,20H2,1-4H3/t22-,24+,25+,26-,28+,29-,30-,31-/m1/s1. The Hall–Kier alpha value is -2.21. The Morgan fingerprint density at radius 2 is 1.84 bits per heavy atom. The van der Waals surface area contributed by atoms with Crippen LogP contribution < -0.4 is 0 Å². The van der Waals surface area contributed by atoms with Gasteiger partial charge in [0.1, 0.15) is 5.69 Å². The molecule has 1 aromatic carbocycles. The van der Waals surface area contributed by atoms with Gasteiger partial charge in [-0.3, -0.25) is 9.48 Å². The summed E-state index contributed by atoms with van der Waals surface area (Å²) in [7, 11) is 0. The zero-order chi connectivity index (χ0) is 26.1. The van der Waals surface area contributed by atoms with Gasteiger partial charge in [-0.15, -0.1) is 5.10 Å². The van der Waals surface area contributed by atoms with Gasteiger partial charge in [0, 0.05) is 18.0 Å². The summed E-state index contributed by atoms with van der Waals surface area (Å²) in [5.41, 5.74) is 1.64. The highest BCUT2D eigenvalue weighted by atomic mass is 16.5. The third-order valence-electron chi connectivity index (χ3n) is 11.7. The van der Waals surface area contributed by atoms with E-state index in [0.29, 0.717) is 25.0 Å². The molecule has 1 N–H and O–H groups in total. The largest absolute Gasteiger partial charge is 0.466 e. The van der Waals surface area contributed by atoms with Crippen LogP contribution in [0.1, 0.15) is 79.1 Å². The molecule has 0 aliphatic heterocycles. The number of aliphatic hydroxyl groups is 1. The minimum absolute atomic E-state index is 0.00147. The Morgan fingerprint density at radius 3 is 2.59 bits per heavy atom. The molecular weight excluding hydrogens is 462 g/mol. The lowest BCUT2D eigenvalue weighted by atomic mass is 9.39. The molecule has 6 heteroatoms. The predicted molar refractivity (Wildman–Crippen MR) is 142 cm³/mol. The average molecular weight is 506 g/mol. The zero-order valence-corrected chi connectivity index (χ0v) is 22.9. The van der Waals surface area contributed by atoms with E-state index in [1.165, 1.54) is 6.42 Å². The fraction of sp³-hybridized carbons (Fsp3) is 0.710. The molecular formula is C31H43N3O3. The number of fused-ring (bicyclic) bond motifs is 3. The molecule has 0 radical (unpaired) electrons. The Labute approximate surface area is 221 Å². The highest BCUT2D eigenvalue weighted by Crippen LogP contribution is 2.75. The predicted octanol–water partition coefficient (Wildman–Crippen LogP) is 5.90. The van der Waals surface area contributed by atoms with E-state index < -0.39 is 5.41 Å². The third-order valence-corrected chi connectivity index (χ3v) is 11.7. The van der Waals surface area contributed by atoms with Crippen molar-refractivity contribution in [2.24, 2.45) is 39.4 Å². The average Bonchev–Trinajstić information content (AvgIpc) is 3.40. The van der Waals surface area contributed by atoms with Crippen LogP contribution in [0.4, 0.5) is 0 Å². The summed E-state index contributed by atoms with van der Waals surface area (Å²) >= 11 is 0. The van der Waals surface area contributed by atoms with Crippen molar-refractivity contribution >= 4 is 5.97 Å². The summed E-state index contributed by atoms with van der Waals surface area (Å²) < 4.78 is 7.62. The molecule has 0 unspecified atom stereocenters. The maximum absolute atomic E-state index is 13.3. The first-order chi connectivity index (χ1) is 17.7. The molecule has 0 saturated heterocycles. The second-order valence-electron chi connectivity index (χ2n) is 13.5. The number of benzene rings is 1. The van der Waals surface area contributed by atoms with Crippen LogP contribution in [0, 0.1) is 39.4 Å². The number of rotatable bonds is 5. The summed E-state index contributed by atoms with van der Waals surface area (Å²) in [5, 5.41) is 20.8. The van der Waals surface area contributed by atoms with Crippen LogP contribution in [0.5, 0.6) is 0 Å². The Morgan fingerprint density at radius 1 is 1.08 bits per heavy atom. The van der Waals surface area contributed by atoms with Crippen molar-refractivity contribution in [2.45, 2.75) is 91.7 Å². The molecule has 200 valence electrons. The molecule has 8 atom stereocenters. The number of aromatic nitrogens is 3. The number of carbonyl (C=O) groups excluding carboxylic acids is 1. The van der Waals surface area contributed by atoms with Crippen LogP contribution in [-0.2, 0) is 16.1 Å². The highest BCUT2D eigenvalue weighted by Gasteiger charge is 2.71. The number of nitrogens with zero attached hydrogens (tertiary/aromatic N) is 3. The fourth-order valence-corrected chi connectivity index (χ4v) is 10.1. The Balaban J connectivity index is 1.34. The van der Waals surface area contributed by atoms with Gasteiger partial charge in [0.15, 0.2) is 0 Å². The van der Waals surface area contributed by atoms with Crippen molar-refractivity contribution in [2.75, 3.05) is 6.61 Å². The lowest BCUT2D eigenvalue weighted by Crippen LogP contribution is -2.60. The van der Waals surface area contributed by atoms with Crippen LogP contribution >= 0.6 is 0 Å². The van der Waals surface area contributed by atoms with Gasteiger partial charge in [-0.25, -0.2) is 0 Å². The van der Waals surface area contributed by atoms with Crippen molar-refractivity contribution in [3.8, 4) is 11.3 Å². The summed E-state index contributed by atoms with van der Waals surface area (Å²) in [6.45, 7) is 10.0. The van der Waals surface area contributed by atoms with Gasteiger partial charge in [0.05, 0.1) is 24.3 Å². The quantitative estimate of drug-likeness (QED) is 0.512. The summed E-state index contributed by atoms with van der Waals surface area (Å²) in [5.74, 6) is 0.979. The van der Waals surface area contributed by atoms with Gasteiger partial charge < -0.3 is 9.84 Å². The van der Waals surface area contributed by atoms with E-state index >= 15 is 0 Å². The van der Waals surface area contributed by atoms with E-state index in [2.05, 4.69) is 43.2 Å². The van der Waals surface area contributed by atoms with E-state index in [4.69, 9.17) is 4.74 Å². The molecule has 6 nitrogen and oxygen atoms in total. The van der Waals surface area contributed by atoms with Crippen LogP contribution in [0.3, 0.4) is 0 Å². The SMILES string of the molecule is CCOC(=O)[C@]1(C)CCC[C@@]2(C)[C@@H]3CC[C@@]4(C)C[C@]3(CC[C@@H]21)[C@H](Cn1cc(-c2ccccc2)nn1)[C@H]4O. The van der Waals surface area contributed by atoms with E-state index in [9.17, 15) is 9.90 Å². The van der Waals surface area contributed by atoms with E-state index in [1.807, 2.05) is 36.0 Å². The molecule has 2 bridgehead atoms. The van der Waals surface area contributed by atoms with Crippen LogP contribution in [0.25, 0.3) is 11.3 Å². The highest BCUT2D eigenvalue weighted by molar-refractivity contribution is 5.77. The molecule has 6 rings (SSSR count). The molecule has 37 heavy (non-hydrogen) atoms. The number of esters is 1. The normalized spacial score (nSPS) is 42.6. The monoisotopic (exact) mass is 505 g/mol.